The molecule has 9 nitrogen and oxygen atoms in total. The summed E-state index contributed by atoms with van der Waals surface area (Å²) in [6, 6.07) is 16.8. The first-order valence-electron chi connectivity index (χ1n) is 11.3. The first-order valence-corrected chi connectivity index (χ1v) is 11.3. The molecule has 0 unspecified atom stereocenters. The van der Waals surface area contributed by atoms with E-state index in [1.54, 1.807) is 81.9 Å². The van der Waals surface area contributed by atoms with E-state index in [-0.39, 0.29) is 24.1 Å². The van der Waals surface area contributed by atoms with E-state index in [1.807, 2.05) is 6.07 Å². The van der Waals surface area contributed by atoms with Crippen LogP contribution >= 0.6 is 0 Å². The number of aromatic nitrogens is 3. The second-order valence-electron chi connectivity index (χ2n) is 8.41. The number of hydrogen-bond donors (Lipinski definition) is 2. The van der Waals surface area contributed by atoms with Gasteiger partial charge < -0.3 is 4.90 Å². The molecular formula is C26H23N5O4. The van der Waals surface area contributed by atoms with Crippen molar-refractivity contribution in [1.82, 2.24) is 24.9 Å². The summed E-state index contributed by atoms with van der Waals surface area (Å²) in [5, 5.41) is 9.35. The van der Waals surface area contributed by atoms with E-state index in [4.69, 9.17) is 10.2 Å². The van der Waals surface area contributed by atoms with Gasteiger partial charge in [-0.05, 0) is 54.8 Å². The fourth-order valence-corrected chi connectivity index (χ4v) is 4.54. The average molecular weight is 470 g/mol. The maximum atomic E-state index is 13.6. The number of rotatable bonds is 5. The Kier molecular flexibility index (Phi) is 6.07. The number of hydroxylamine groups is 1. The molecule has 1 saturated heterocycles. The molecule has 1 aliphatic rings. The molecule has 2 amide bonds. The van der Waals surface area contributed by atoms with Crippen LogP contribution in [-0.4, -0.2) is 43.0 Å². The summed E-state index contributed by atoms with van der Waals surface area (Å²) in [5.41, 5.74) is 3.63. The molecule has 2 aromatic heterocycles. The molecule has 1 atom stereocenters. The van der Waals surface area contributed by atoms with Crippen molar-refractivity contribution in [2.45, 2.75) is 25.4 Å². The van der Waals surface area contributed by atoms with Crippen LogP contribution in [0, 0.1) is 0 Å². The first-order chi connectivity index (χ1) is 17.1. The smallest absolute Gasteiger partial charge is 0.274 e. The molecule has 3 heterocycles. The molecule has 2 aromatic carbocycles. The number of likely N-dealkylation sites (tertiary alicyclic amines) is 1. The van der Waals surface area contributed by atoms with Crippen LogP contribution in [0.4, 0.5) is 0 Å². The summed E-state index contributed by atoms with van der Waals surface area (Å²) >= 11 is 0. The minimum Gasteiger partial charge on any atom is -0.328 e. The third kappa shape index (κ3) is 4.29. The number of nitrogens with one attached hydrogen (secondary N) is 1. The van der Waals surface area contributed by atoms with Gasteiger partial charge in [0, 0.05) is 30.1 Å². The molecule has 2 N–H and O–H groups in total. The third-order valence-corrected chi connectivity index (χ3v) is 6.29. The predicted octanol–water partition coefficient (Wildman–Crippen LogP) is 2.94. The number of carbonyl (C=O) groups is 2. The van der Waals surface area contributed by atoms with Crippen molar-refractivity contribution in [3.05, 3.63) is 106 Å². The summed E-state index contributed by atoms with van der Waals surface area (Å²) in [5.74, 6) is -0.202. The van der Waals surface area contributed by atoms with Gasteiger partial charge in [-0.2, -0.15) is 0 Å². The lowest BCUT2D eigenvalue weighted by molar-refractivity contribution is 0.0705. The van der Waals surface area contributed by atoms with Crippen molar-refractivity contribution in [1.29, 1.82) is 0 Å². The van der Waals surface area contributed by atoms with E-state index in [0.717, 1.165) is 12.0 Å². The van der Waals surface area contributed by atoms with Crippen LogP contribution < -0.4 is 11.0 Å². The normalized spacial score (nSPS) is 15.3. The molecule has 1 aliphatic heterocycles. The zero-order chi connectivity index (χ0) is 24.4. The van der Waals surface area contributed by atoms with Gasteiger partial charge >= 0.3 is 0 Å². The van der Waals surface area contributed by atoms with Gasteiger partial charge in [0.2, 0.25) is 0 Å². The van der Waals surface area contributed by atoms with Crippen molar-refractivity contribution in [2.75, 3.05) is 6.54 Å². The maximum absolute atomic E-state index is 13.6. The van der Waals surface area contributed by atoms with Crippen LogP contribution in [0.1, 0.15) is 51.0 Å². The van der Waals surface area contributed by atoms with Crippen molar-refractivity contribution >= 4 is 22.7 Å². The molecule has 0 aliphatic carbocycles. The second kappa shape index (κ2) is 9.47. The molecule has 0 bridgehead atoms. The van der Waals surface area contributed by atoms with E-state index in [2.05, 4.69) is 4.98 Å². The number of carbonyl (C=O) groups excluding carboxylic acids is 2. The van der Waals surface area contributed by atoms with Gasteiger partial charge in [-0.3, -0.25) is 29.1 Å². The highest BCUT2D eigenvalue weighted by Gasteiger charge is 2.34. The van der Waals surface area contributed by atoms with Crippen molar-refractivity contribution < 1.29 is 14.8 Å². The zero-order valence-electron chi connectivity index (χ0n) is 18.8. The Balaban J connectivity index is 1.58. The van der Waals surface area contributed by atoms with E-state index in [0.29, 0.717) is 40.8 Å². The number of fused-ring (bicyclic) bond motifs is 1. The fourth-order valence-electron chi connectivity index (χ4n) is 4.54. The van der Waals surface area contributed by atoms with E-state index in [9.17, 15) is 14.4 Å². The number of amides is 2. The Bertz CT molecular complexity index is 1450. The van der Waals surface area contributed by atoms with Gasteiger partial charge in [-0.25, -0.2) is 10.5 Å². The topological polar surface area (TPSA) is 117 Å². The Morgan fingerprint density at radius 1 is 1.00 bits per heavy atom. The van der Waals surface area contributed by atoms with Crippen LogP contribution in [-0.2, 0) is 6.54 Å². The lowest BCUT2D eigenvalue weighted by Crippen LogP contribution is -2.35. The Labute approximate surface area is 200 Å². The highest BCUT2D eigenvalue weighted by molar-refractivity contribution is 5.94. The molecule has 5 rings (SSSR count). The molecule has 35 heavy (non-hydrogen) atoms. The average Bonchev–Trinajstić information content (AvgIpc) is 3.40. The number of hydrogen-bond acceptors (Lipinski definition) is 6. The van der Waals surface area contributed by atoms with Crippen molar-refractivity contribution in [2.24, 2.45) is 0 Å². The Morgan fingerprint density at radius 2 is 1.74 bits per heavy atom. The van der Waals surface area contributed by atoms with E-state index >= 15 is 0 Å². The summed E-state index contributed by atoms with van der Waals surface area (Å²) in [6.45, 7) is 0.792. The number of nitrogens with zero attached hydrogens (tertiary/aromatic N) is 4. The summed E-state index contributed by atoms with van der Waals surface area (Å²) in [6.07, 6.45) is 4.67. The SMILES string of the molecule is O=C(NO)c1ccc(Cn2c([C@@H]3CCCN3C(=O)c3ccncc3)nc3ccccc3c2=O)cc1. The molecule has 0 saturated carbocycles. The van der Waals surface area contributed by atoms with Gasteiger partial charge in [0.15, 0.2) is 0 Å². The van der Waals surface area contributed by atoms with Crippen molar-refractivity contribution in [3.8, 4) is 0 Å². The zero-order valence-corrected chi connectivity index (χ0v) is 18.8. The predicted molar refractivity (Wildman–Crippen MR) is 128 cm³/mol. The Hall–Kier alpha value is -4.37. The molecule has 9 heteroatoms. The number of benzene rings is 2. The van der Waals surface area contributed by atoms with E-state index < -0.39 is 5.91 Å². The highest BCUT2D eigenvalue weighted by Crippen LogP contribution is 2.32. The molecule has 1 fully saturated rings. The maximum Gasteiger partial charge on any atom is 0.274 e. The summed E-state index contributed by atoms with van der Waals surface area (Å²) < 4.78 is 1.62. The van der Waals surface area contributed by atoms with Gasteiger partial charge in [0.25, 0.3) is 17.4 Å². The fraction of sp³-hybridized carbons (Fsp3) is 0.192. The molecule has 0 spiro atoms. The molecular weight excluding hydrogens is 446 g/mol. The third-order valence-electron chi connectivity index (χ3n) is 6.29. The number of para-hydroxylation sites is 1. The van der Waals surface area contributed by atoms with Crippen LogP contribution in [0.3, 0.4) is 0 Å². The van der Waals surface area contributed by atoms with Gasteiger partial charge in [0.05, 0.1) is 23.5 Å². The minimum absolute atomic E-state index is 0.122. The molecule has 4 aromatic rings. The van der Waals surface area contributed by atoms with Crippen LogP contribution in [0.25, 0.3) is 10.9 Å². The lowest BCUT2D eigenvalue weighted by atomic mass is 10.1. The van der Waals surface area contributed by atoms with Crippen LogP contribution in [0.15, 0.2) is 77.9 Å². The van der Waals surface area contributed by atoms with Gasteiger partial charge in [0.1, 0.15) is 5.82 Å². The molecule has 176 valence electrons. The standard InChI is InChI=1S/C26H23N5O4/c32-24(29-35)18-9-7-17(8-10-18)16-31-23(28-21-5-2-1-4-20(21)26(31)34)22-6-3-15-30(22)25(33)19-11-13-27-14-12-19/h1-2,4-5,7-14,22,35H,3,6,15-16H2,(H,29,32)/t22-/m0/s1. The quantitative estimate of drug-likeness (QED) is 0.343. The second-order valence-corrected chi connectivity index (χ2v) is 8.41. The monoisotopic (exact) mass is 469 g/mol. The van der Waals surface area contributed by atoms with Crippen LogP contribution in [0.5, 0.6) is 0 Å². The summed E-state index contributed by atoms with van der Waals surface area (Å²) in [4.78, 5) is 49.2. The minimum atomic E-state index is -0.613. The lowest BCUT2D eigenvalue weighted by Gasteiger charge is -2.27. The highest BCUT2D eigenvalue weighted by atomic mass is 16.5. The summed E-state index contributed by atoms with van der Waals surface area (Å²) in [7, 11) is 0. The molecule has 0 radical (unpaired) electrons. The van der Waals surface area contributed by atoms with E-state index in [1.165, 1.54) is 0 Å². The van der Waals surface area contributed by atoms with Gasteiger partial charge in [-0.1, -0.05) is 24.3 Å². The number of pyridine rings is 1. The largest absolute Gasteiger partial charge is 0.328 e. The first kappa shape index (κ1) is 22.4. The Morgan fingerprint density at radius 3 is 2.49 bits per heavy atom. The van der Waals surface area contributed by atoms with Crippen LogP contribution in [0.2, 0.25) is 0 Å². The van der Waals surface area contributed by atoms with Gasteiger partial charge in [-0.15, -0.1) is 0 Å². The van der Waals surface area contributed by atoms with Crippen molar-refractivity contribution in [3.63, 3.8) is 0 Å².